The number of carbonyl (C=O) groups excluding carboxylic acids is 1. The lowest BCUT2D eigenvalue weighted by molar-refractivity contribution is -0.116. The number of carbonyl (C=O) groups is 1. The number of hydrogen-bond acceptors (Lipinski definition) is 6. The number of hydrogen-bond donors (Lipinski definition) is 1. The molecule has 0 radical (unpaired) electrons. The fourth-order valence-electron chi connectivity index (χ4n) is 3.67. The van der Waals surface area contributed by atoms with Gasteiger partial charge in [-0.1, -0.05) is 24.3 Å². The average molecular weight is 424 g/mol. The van der Waals surface area contributed by atoms with Crippen LogP contribution in [0.25, 0.3) is 6.08 Å². The standard InChI is InChI=1S/C24H28N2O5/c1-28-21-14-18(15-22-24(21)31-12-11-30-22)5-6-23(27)25-16-19-3-2-4-20(13-19)17-26-7-9-29-10-8-26/h2-6,13-15H,7-12,16-17H2,1H3,(H,25,27). The highest BCUT2D eigenvalue weighted by Crippen LogP contribution is 2.40. The van der Waals surface area contributed by atoms with Gasteiger partial charge in [-0.15, -0.1) is 0 Å². The Morgan fingerprint density at radius 3 is 2.74 bits per heavy atom. The molecule has 0 bridgehead atoms. The average Bonchev–Trinajstić information content (AvgIpc) is 2.81. The normalized spacial score (nSPS) is 16.3. The zero-order chi connectivity index (χ0) is 21.5. The number of nitrogens with zero attached hydrogens (tertiary/aromatic N) is 1. The Kier molecular flexibility index (Phi) is 7.07. The van der Waals surface area contributed by atoms with Crippen molar-refractivity contribution in [2.24, 2.45) is 0 Å². The van der Waals surface area contributed by atoms with Crippen LogP contribution in [0.3, 0.4) is 0 Å². The van der Waals surface area contributed by atoms with E-state index < -0.39 is 0 Å². The maximum Gasteiger partial charge on any atom is 0.244 e. The number of rotatable bonds is 7. The fourth-order valence-corrected chi connectivity index (χ4v) is 3.67. The maximum atomic E-state index is 12.3. The molecule has 0 unspecified atom stereocenters. The van der Waals surface area contributed by atoms with E-state index in [9.17, 15) is 4.79 Å². The first-order valence-corrected chi connectivity index (χ1v) is 10.5. The van der Waals surface area contributed by atoms with Crippen LogP contribution >= 0.6 is 0 Å². The predicted molar refractivity (Wildman–Crippen MR) is 117 cm³/mol. The molecule has 4 rings (SSSR count). The third-order valence-electron chi connectivity index (χ3n) is 5.25. The zero-order valence-corrected chi connectivity index (χ0v) is 17.8. The van der Waals surface area contributed by atoms with Crippen molar-refractivity contribution in [2.75, 3.05) is 46.6 Å². The van der Waals surface area contributed by atoms with Crippen LogP contribution in [-0.2, 0) is 22.6 Å². The molecular weight excluding hydrogens is 396 g/mol. The quantitative estimate of drug-likeness (QED) is 0.690. The summed E-state index contributed by atoms with van der Waals surface area (Å²) < 4.78 is 22.0. The smallest absolute Gasteiger partial charge is 0.244 e. The van der Waals surface area contributed by atoms with Gasteiger partial charge in [0.15, 0.2) is 11.5 Å². The van der Waals surface area contributed by atoms with Crippen molar-refractivity contribution in [1.82, 2.24) is 10.2 Å². The minimum absolute atomic E-state index is 0.160. The molecule has 7 heteroatoms. The molecule has 2 aromatic rings. The van der Waals surface area contributed by atoms with Crippen LogP contribution in [0, 0.1) is 0 Å². The largest absolute Gasteiger partial charge is 0.493 e. The molecule has 2 aliphatic heterocycles. The van der Waals surface area contributed by atoms with Gasteiger partial charge in [-0.2, -0.15) is 0 Å². The summed E-state index contributed by atoms with van der Waals surface area (Å²) >= 11 is 0. The molecular formula is C24H28N2O5. The number of amides is 1. The van der Waals surface area contributed by atoms with E-state index in [0.717, 1.165) is 44.0 Å². The molecule has 0 saturated carbocycles. The van der Waals surface area contributed by atoms with E-state index in [1.807, 2.05) is 24.3 Å². The first-order chi connectivity index (χ1) is 15.2. The molecule has 0 spiro atoms. The van der Waals surface area contributed by atoms with Crippen molar-refractivity contribution in [2.45, 2.75) is 13.1 Å². The summed E-state index contributed by atoms with van der Waals surface area (Å²) in [7, 11) is 1.58. The molecule has 164 valence electrons. The van der Waals surface area contributed by atoms with E-state index in [-0.39, 0.29) is 5.91 Å². The van der Waals surface area contributed by atoms with Gasteiger partial charge < -0.3 is 24.3 Å². The summed E-state index contributed by atoms with van der Waals surface area (Å²) in [5, 5.41) is 2.94. The number of benzene rings is 2. The monoisotopic (exact) mass is 424 g/mol. The highest BCUT2D eigenvalue weighted by atomic mass is 16.6. The topological polar surface area (TPSA) is 69.3 Å². The molecule has 2 aromatic carbocycles. The Bertz CT molecular complexity index is 920. The molecule has 0 aromatic heterocycles. The lowest BCUT2D eigenvalue weighted by atomic mass is 10.1. The van der Waals surface area contributed by atoms with E-state index in [1.54, 1.807) is 13.2 Å². The third kappa shape index (κ3) is 5.77. The zero-order valence-electron chi connectivity index (χ0n) is 17.8. The molecule has 1 N–H and O–H groups in total. The lowest BCUT2D eigenvalue weighted by Crippen LogP contribution is -2.35. The first kappa shape index (κ1) is 21.2. The first-order valence-electron chi connectivity index (χ1n) is 10.5. The Balaban J connectivity index is 1.33. The molecule has 31 heavy (non-hydrogen) atoms. The number of fused-ring (bicyclic) bond motifs is 1. The van der Waals surface area contributed by atoms with E-state index in [2.05, 4.69) is 22.3 Å². The van der Waals surface area contributed by atoms with Gasteiger partial charge in [0.05, 0.1) is 20.3 Å². The molecule has 1 amide bonds. The van der Waals surface area contributed by atoms with Crippen molar-refractivity contribution in [3.8, 4) is 17.2 Å². The van der Waals surface area contributed by atoms with Crippen molar-refractivity contribution in [3.05, 3.63) is 59.2 Å². The SMILES string of the molecule is COc1cc(C=CC(=O)NCc2cccc(CN3CCOCC3)c2)cc2c1OCCO2. The van der Waals surface area contributed by atoms with Gasteiger partial charge in [0.25, 0.3) is 0 Å². The van der Waals surface area contributed by atoms with Crippen molar-refractivity contribution >= 4 is 12.0 Å². The Labute approximate surface area is 182 Å². The summed E-state index contributed by atoms with van der Waals surface area (Å²) in [6.07, 6.45) is 3.26. The van der Waals surface area contributed by atoms with Crippen LogP contribution in [0.2, 0.25) is 0 Å². The summed E-state index contributed by atoms with van der Waals surface area (Å²) in [6.45, 7) is 5.85. The lowest BCUT2D eigenvalue weighted by Gasteiger charge is -2.26. The maximum absolute atomic E-state index is 12.3. The molecule has 1 fully saturated rings. The highest BCUT2D eigenvalue weighted by Gasteiger charge is 2.17. The van der Waals surface area contributed by atoms with Crippen LogP contribution in [-0.4, -0.2) is 57.4 Å². The van der Waals surface area contributed by atoms with Gasteiger partial charge in [-0.25, -0.2) is 0 Å². The van der Waals surface area contributed by atoms with Crippen LogP contribution in [0.15, 0.2) is 42.5 Å². The Hall–Kier alpha value is -3.03. The third-order valence-corrected chi connectivity index (χ3v) is 5.25. The molecule has 1 saturated heterocycles. The second-order valence-electron chi connectivity index (χ2n) is 7.51. The second kappa shape index (κ2) is 10.3. The molecule has 0 atom stereocenters. The predicted octanol–water partition coefficient (Wildman–Crippen LogP) is 2.63. The Morgan fingerprint density at radius 2 is 1.90 bits per heavy atom. The van der Waals surface area contributed by atoms with Crippen LogP contribution in [0.1, 0.15) is 16.7 Å². The van der Waals surface area contributed by atoms with Gasteiger partial charge >= 0.3 is 0 Å². The summed E-state index contributed by atoms with van der Waals surface area (Å²) in [6, 6.07) is 12.0. The molecule has 0 aliphatic carbocycles. The van der Waals surface area contributed by atoms with Crippen molar-refractivity contribution < 1.29 is 23.7 Å². The van der Waals surface area contributed by atoms with E-state index in [4.69, 9.17) is 18.9 Å². The molecule has 2 heterocycles. The Morgan fingerprint density at radius 1 is 1.10 bits per heavy atom. The van der Waals surface area contributed by atoms with Crippen molar-refractivity contribution in [3.63, 3.8) is 0 Å². The van der Waals surface area contributed by atoms with E-state index in [0.29, 0.717) is 37.0 Å². The number of methoxy groups -OCH3 is 1. The summed E-state index contributed by atoms with van der Waals surface area (Å²) in [5.74, 6) is 1.66. The van der Waals surface area contributed by atoms with Crippen LogP contribution in [0.4, 0.5) is 0 Å². The summed E-state index contributed by atoms with van der Waals surface area (Å²) in [4.78, 5) is 14.7. The van der Waals surface area contributed by atoms with Gasteiger partial charge in [-0.05, 0) is 34.9 Å². The van der Waals surface area contributed by atoms with Crippen LogP contribution < -0.4 is 19.5 Å². The van der Waals surface area contributed by atoms with Gasteiger partial charge in [0.1, 0.15) is 13.2 Å². The minimum atomic E-state index is -0.160. The fraction of sp³-hybridized carbons (Fsp3) is 0.375. The highest BCUT2D eigenvalue weighted by molar-refractivity contribution is 5.91. The van der Waals surface area contributed by atoms with Gasteiger partial charge in [-0.3, -0.25) is 9.69 Å². The minimum Gasteiger partial charge on any atom is -0.493 e. The van der Waals surface area contributed by atoms with E-state index in [1.165, 1.54) is 11.6 Å². The van der Waals surface area contributed by atoms with Gasteiger partial charge in [0, 0.05) is 32.3 Å². The number of ether oxygens (including phenoxy) is 4. The van der Waals surface area contributed by atoms with Crippen molar-refractivity contribution in [1.29, 1.82) is 0 Å². The number of morpholine rings is 1. The van der Waals surface area contributed by atoms with E-state index >= 15 is 0 Å². The van der Waals surface area contributed by atoms with Crippen LogP contribution in [0.5, 0.6) is 17.2 Å². The summed E-state index contributed by atoms with van der Waals surface area (Å²) in [5.41, 5.74) is 3.13. The van der Waals surface area contributed by atoms with Gasteiger partial charge in [0.2, 0.25) is 11.7 Å². The number of nitrogens with one attached hydrogen (secondary N) is 1. The second-order valence-corrected chi connectivity index (χ2v) is 7.51. The molecule has 2 aliphatic rings. The molecule has 7 nitrogen and oxygen atoms in total.